The van der Waals surface area contributed by atoms with Crippen molar-refractivity contribution in [1.82, 2.24) is 9.80 Å². The Labute approximate surface area is 163 Å². The molecule has 1 aliphatic rings. The van der Waals surface area contributed by atoms with Crippen LogP contribution < -0.4 is 5.32 Å². The lowest BCUT2D eigenvalue weighted by Gasteiger charge is -2.34. The molecule has 1 aromatic rings. The van der Waals surface area contributed by atoms with Gasteiger partial charge in [-0.1, -0.05) is 17.8 Å². The third-order valence-corrected chi connectivity index (χ3v) is 5.19. The monoisotopic (exact) mass is 395 g/mol. The number of nitrogens with one attached hydrogen (secondary N) is 1. The third-order valence-electron chi connectivity index (χ3n) is 4.29. The van der Waals surface area contributed by atoms with Crippen molar-refractivity contribution in [3.63, 3.8) is 0 Å². The standard InChI is InChI=1S/C19H26FN3O3S/c1-15(24)27-12-3-2-7-19(26)23-10-8-22(9-11-23)14-18(25)21-17-6-4-5-16(20)13-17/h4-6,13H,2-3,7-12,14H2,1H3,(H,21,25). The van der Waals surface area contributed by atoms with Crippen LogP contribution in [0.2, 0.25) is 0 Å². The van der Waals surface area contributed by atoms with Gasteiger partial charge < -0.3 is 10.2 Å². The molecule has 0 saturated carbocycles. The molecule has 0 unspecified atom stereocenters. The predicted octanol–water partition coefficient (Wildman–Crippen LogP) is 2.36. The Bertz CT molecular complexity index is 663. The van der Waals surface area contributed by atoms with Crippen molar-refractivity contribution in [2.24, 2.45) is 0 Å². The molecule has 148 valence electrons. The number of benzene rings is 1. The van der Waals surface area contributed by atoms with Gasteiger partial charge in [0.1, 0.15) is 5.82 Å². The Morgan fingerprint density at radius 2 is 1.89 bits per heavy atom. The molecule has 1 saturated heterocycles. The highest BCUT2D eigenvalue weighted by molar-refractivity contribution is 8.13. The van der Waals surface area contributed by atoms with Gasteiger partial charge in [0.25, 0.3) is 0 Å². The van der Waals surface area contributed by atoms with Crippen molar-refractivity contribution < 1.29 is 18.8 Å². The molecule has 6 nitrogen and oxygen atoms in total. The summed E-state index contributed by atoms with van der Waals surface area (Å²) in [6, 6.07) is 5.80. The molecule has 1 aliphatic heterocycles. The molecule has 27 heavy (non-hydrogen) atoms. The van der Waals surface area contributed by atoms with Crippen molar-refractivity contribution in [1.29, 1.82) is 0 Å². The van der Waals surface area contributed by atoms with Crippen LogP contribution in [0.1, 0.15) is 26.2 Å². The van der Waals surface area contributed by atoms with Gasteiger partial charge in [-0.15, -0.1) is 0 Å². The van der Waals surface area contributed by atoms with Crippen LogP contribution in [0.15, 0.2) is 24.3 Å². The molecule has 2 amide bonds. The maximum atomic E-state index is 13.1. The lowest BCUT2D eigenvalue weighted by molar-refractivity contribution is -0.133. The number of carbonyl (C=O) groups is 3. The molecular weight excluding hydrogens is 369 g/mol. The average Bonchev–Trinajstić information content (AvgIpc) is 2.61. The fourth-order valence-corrected chi connectivity index (χ4v) is 3.51. The maximum Gasteiger partial charge on any atom is 0.238 e. The molecule has 0 aliphatic carbocycles. The van der Waals surface area contributed by atoms with Crippen LogP contribution in [-0.4, -0.2) is 65.2 Å². The van der Waals surface area contributed by atoms with Crippen LogP contribution in [0.25, 0.3) is 0 Å². The van der Waals surface area contributed by atoms with Crippen LogP contribution >= 0.6 is 11.8 Å². The first kappa shape index (κ1) is 21.4. The molecular formula is C19H26FN3O3S. The summed E-state index contributed by atoms with van der Waals surface area (Å²) in [6.45, 7) is 4.27. The van der Waals surface area contributed by atoms with Gasteiger partial charge in [0, 0.05) is 51.0 Å². The van der Waals surface area contributed by atoms with Crippen molar-refractivity contribution in [2.75, 3.05) is 43.8 Å². The summed E-state index contributed by atoms with van der Waals surface area (Å²) < 4.78 is 13.1. The number of halogens is 1. The molecule has 8 heteroatoms. The van der Waals surface area contributed by atoms with Crippen molar-refractivity contribution in [3.05, 3.63) is 30.1 Å². The fraction of sp³-hybridized carbons (Fsp3) is 0.526. The number of hydrogen-bond acceptors (Lipinski definition) is 5. The Morgan fingerprint density at radius 3 is 2.56 bits per heavy atom. The topological polar surface area (TPSA) is 69.7 Å². The molecule has 2 rings (SSSR count). The van der Waals surface area contributed by atoms with Crippen LogP contribution in [0.5, 0.6) is 0 Å². The molecule has 0 radical (unpaired) electrons. The van der Waals surface area contributed by atoms with E-state index in [0.717, 1.165) is 18.6 Å². The van der Waals surface area contributed by atoms with E-state index in [0.29, 0.717) is 38.3 Å². The number of unbranched alkanes of at least 4 members (excludes halogenated alkanes) is 1. The quantitative estimate of drug-likeness (QED) is 0.685. The maximum absolute atomic E-state index is 13.1. The van der Waals surface area contributed by atoms with Crippen molar-refractivity contribution >= 4 is 34.4 Å². The largest absolute Gasteiger partial charge is 0.340 e. The Hall–Kier alpha value is -1.93. The third kappa shape index (κ3) is 8.09. The minimum atomic E-state index is -0.389. The summed E-state index contributed by atoms with van der Waals surface area (Å²) in [5.74, 6) is 0.312. The first-order chi connectivity index (χ1) is 12.9. The molecule has 1 fully saturated rings. The summed E-state index contributed by atoms with van der Waals surface area (Å²) in [6.07, 6.45) is 2.14. The van der Waals surface area contributed by atoms with Crippen LogP contribution in [0.3, 0.4) is 0 Å². The van der Waals surface area contributed by atoms with E-state index < -0.39 is 0 Å². The number of rotatable bonds is 8. The number of amides is 2. The summed E-state index contributed by atoms with van der Waals surface area (Å²) in [5, 5.41) is 2.79. The lowest BCUT2D eigenvalue weighted by atomic mass is 10.2. The molecule has 1 N–H and O–H groups in total. The first-order valence-corrected chi connectivity index (χ1v) is 10.1. The minimum Gasteiger partial charge on any atom is -0.340 e. The van der Waals surface area contributed by atoms with E-state index >= 15 is 0 Å². The summed E-state index contributed by atoms with van der Waals surface area (Å²) in [5.41, 5.74) is 0.441. The number of piperazine rings is 1. The van der Waals surface area contributed by atoms with Gasteiger partial charge in [0.2, 0.25) is 11.8 Å². The zero-order chi connectivity index (χ0) is 19.6. The number of thioether (sulfide) groups is 1. The molecule has 1 heterocycles. The highest BCUT2D eigenvalue weighted by Gasteiger charge is 2.22. The summed E-state index contributed by atoms with van der Waals surface area (Å²) in [7, 11) is 0. The highest BCUT2D eigenvalue weighted by atomic mass is 32.2. The predicted molar refractivity (Wildman–Crippen MR) is 105 cm³/mol. The second-order valence-corrected chi connectivity index (χ2v) is 7.78. The van der Waals surface area contributed by atoms with Gasteiger partial charge in [-0.25, -0.2) is 4.39 Å². The van der Waals surface area contributed by atoms with Crippen LogP contribution in [-0.2, 0) is 14.4 Å². The van der Waals surface area contributed by atoms with E-state index in [2.05, 4.69) is 5.32 Å². The second kappa shape index (κ2) is 11.0. The summed E-state index contributed by atoms with van der Waals surface area (Å²) >= 11 is 1.30. The smallest absolute Gasteiger partial charge is 0.238 e. The summed E-state index contributed by atoms with van der Waals surface area (Å²) in [4.78, 5) is 39.0. The number of carbonyl (C=O) groups excluding carboxylic acids is 3. The van der Waals surface area contributed by atoms with Crippen LogP contribution in [0, 0.1) is 5.82 Å². The van der Waals surface area contributed by atoms with Crippen molar-refractivity contribution in [2.45, 2.75) is 26.2 Å². The lowest BCUT2D eigenvalue weighted by Crippen LogP contribution is -2.50. The molecule has 0 bridgehead atoms. The van der Waals surface area contributed by atoms with Crippen LogP contribution in [0.4, 0.5) is 10.1 Å². The van der Waals surface area contributed by atoms with Gasteiger partial charge in [0.05, 0.1) is 6.54 Å². The first-order valence-electron chi connectivity index (χ1n) is 9.13. The SMILES string of the molecule is CC(=O)SCCCCC(=O)N1CCN(CC(=O)Nc2cccc(F)c2)CC1. The molecule has 1 aromatic carbocycles. The normalized spacial score (nSPS) is 14.8. The van der Waals surface area contributed by atoms with Gasteiger partial charge in [-0.2, -0.15) is 0 Å². The fourth-order valence-electron chi connectivity index (χ4n) is 2.88. The Balaban J connectivity index is 1.63. The Morgan fingerprint density at radius 1 is 1.15 bits per heavy atom. The van der Waals surface area contributed by atoms with Gasteiger partial charge in [0.15, 0.2) is 5.12 Å². The van der Waals surface area contributed by atoms with Gasteiger partial charge in [-0.05, 0) is 31.0 Å². The average molecular weight is 396 g/mol. The van der Waals surface area contributed by atoms with E-state index in [4.69, 9.17) is 0 Å². The second-order valence-electron chi connectivity index (χ2n) is 6.51. The van der Waals surface area contributed by atoms with E-state index in [1.165, 1.54) is 23.9 Å². The zero-order valence-corrected chi connectivity index (χ0v) is 16.4. The van der Waals surface area contributed by atoms with E-state index in [9.17, 15) is 18.8 Å². The molecule has 0 atom stereocenters. The number of nitrogens with zero attached hydrogens (tertiary/aromatic N) is 2. The zero-order valence-electron chi connectivity index (χ0n) is 15.6. The van der Waals surface area contributed by atoms with Crippen molar-refractivity contribution in [3.8, 4) is 0 Å². The number of hydrogen-bond donors (Lipinski definition) is 1. The minimum absolute atomic E-state index is 0.110. The van der Waals surface area contributed by atoms with E-state index in [1.807, 2.05) is 9.80 Å². The molecule has 0 aromatic heterocycles. The van der Waals surface area contributed by atoms with E-state index in [1.54, 1.807) is 19.1 Å². The Kier molecular flexibility index (Phi) is 8.74. The number of anilines is 1. The molecule has 0 spiro atoms. The van der Waals surface area contributed by atoms with E-state index in [-0.39, 0.29) is 29.3 Å². The van der Waals surface area contributed by atoms with Gasteiger partial charge >= 0.3 is 0 Å². The van der Waals surface area contributed by atoms with Gasteiger partial charge in [-0.3, -0.25) is 19.3 Å². The highest BCUT2D eigenvalue weighted by Crippen LogP contribution is 2.11.